The van der Waals surface area contributed by atoms with E-state index in [1.165, 1.54) is 0 Å². The van der Waals surface area contributed by atoms with Crippen LogP contribution in [0.25, 0.3) is 0 Å². The van der Waals surface area contributed by atoms with E-state index in [4.69, 9.17) is 9.94 Å². The Balaban J connectivity index is 2.72. The first-order valence-corrected chi connectivity index (χ1v) is 6.71. The molecule has 21 heavy (non-hydrogen) atoms. The Kier molecular flexibility index (Phi) is 7.20. The molecular weight excluding hydrogens is 276 g/mol. The number of anilines is 1. The first kappa shape index (κ1) is 16.9. The zero-order valence-electron chi connectivity index (χ0n) is 11.9. The molecule has 0 spiro atoms. The predicted octanol–water partition coefficient (Wildman–Crippen LogP) is 1.38. The van der Waals surface area contributed by atoms with Crippen LogP contribution < -0.4 is 10.4 Å². The summed E-state index contributed by atoms with van der Waals surface area (Å²) in [7, 11) is 0. The maximum absolute atomic E-state index is 12.1. The van der Waals surface area contributed by atoms with E-state index in [-0.39, 0.29) is 6.54 Å². The molecule has 7 heteroatoms. The van der Waals surface area contributed by atoms with Gasteiger partial charge in [-0.1, -0.05) is 31.5 Å². The fourth-order valence-corrected chi connectivity index (χ4v) is 1.55. The summed E-state index contributed by atoms with van der Waals surface area (Å²) < 4.78 is 0. The summed E-state index contributed by atoms with van der Waals surface area (Å²) in [5.74, 6) is -1.39. The van der Waals surface area contributed by atoms with Gasteiger partial charge in [-0.15, -0.1) is 0 Å². The number of nitrogens with one attached hydrogen (secondary N) is 1. The highest BCUT2D eigenvalue weighted by atomic mass is 16.7. The van der Waals surface area contributed by atoms with Crippen LogP contribution in [-0.4, -0.2) is 41.5 Å². The molecule has 1 unspecified atom stereocenters. The van der Waals surface area contributed by atoms with Crippen LogP contribution in [-0.2, 0) is 9.63 Å². The highest BCUT2D eigenvalue weighted by Crippen LogP contribution is 2.14. The number of amides is 2. The molecule has 0 heterocycles. The maximum Gasteiger partial charge on any atom is 0.345 e. The first-order chi connectivity index (χ1) is 10.1. The number of hydrogen-bond donors (Lipinski definition) is 3. The molecule has 1 aromatic carbocycles. The van der Waals surface area contributed by atoms with Crippen molar-refractivity contribution in [3.05, 3.63) is 30.3 Å². The molecule has 1 aromatic rings. The molecule has 0 saturated heterocycles. The molecule has 0 aliphatic heterocycles. The molecule has 0 radical (unpaired) electrons. The Bertz CT molecular complexity index is 452. The number of hydrogen-bond acceptors (Lipinski definition) is 4. The predicted molar refractivity (Wildman–Crippen MR) is 76.8 cm³/mol. The fraction of sp³-hybridized carbons (Fsp3) is 0.429. The quantitative estimate of drug-likeness (QED) is 0.497. The van der Waals surface area contributed by atoms with Crippen LogP contribution in [0, 0.1) is 0 Å². The minimum absolute atomic E-state index is 0.367. The number of carbonyl (C=O) groups excluding carboxylic acids is 1. The van der Waals surface area contributed by atoms with Crippen LogP contribution in [0.1, 0.15) is 19.8 Å². The third-order valence-electron chi connectivity index (χ3n) is 2.71. The maximum atomic E-state index is 12.1. The van der Waals surface area contributed by atoms with E-state index >= 15 is 0 Å². The Morgan fingerprint density at radius 3 is 2.57 bits per heavy atom. The molecule has 1 rings (SSSR count). The second-order valence-electron chi connectivity index (χ2n) is 4.41. The largest absolute Gasteiger partial charge is 0.479 e. The third-order valence-corrected chi connectivity index (χ3v) is 2.71. The highest BCUT2D eigenvalue weighted by Gasteiger charge is 2.23. The fourth-order valence-electron chi connectivity index (χ4n) is 1.55. The molecular formula is C14H20N2O5. The van der Waals surface area contributed by atoms with Crippen LogP contribution in [0.15, 0.2) is 30.3 Å². The lowest BCUT2D eigenvalue weighted by Gasteiger charge is -2.24. The molecule has 0 bridgehead atoms. The van der Waals surface area contributed by atoms with Crippen molar-refractivity contribution < 1.29 is 24.6 Å². The highest BCUT2D eigenvalue weighted by molar-refractivity contribution is 5.92. The summed E-state index contributed by atoms with van der Waals surface area (Å²) >= 11 is 0. The lowest BCUT2D eigenvalue weighted by atomic mass is 10.2. The average Bonchev–Trinajstić information content (AvgIpc) is 2.49. The van der Waals surface area contributed by atoms with E-state index in [0.717, 1.165) is 17.7 Å². The van der Waals surface area contributed by atoms with Crippen molar-refractivity contribution in [2.24, 2.45) is 0 Å². The number of unbranched alkanes of at least 4 members (excludes halogenated alkanes) is 1. The van der Waals surface area contributed by atoms with Gasteiger partial charge >= 0.3 is 12.0 Å². The summed E-state index contributed by atoms with van der Waals surface area (Å²) in [4.78, 5) is 28.9. The number of aliphatic hydroxyl groups excluding tert-OH is 1. The number of benzene rings is 1. The van der Waals surface area contributed by atoms with Gasteiger partial charge in [-0.2, -0.15) is 0 Å². The third kappa shape index (κ3) is 5.80. The normalized spacial score (nSPS) is 11.7. The van der Waals surface area contributed by atoms with Crippen LogP contribution >= 0.6 is 0 Å². The molecule has 7 nitrogen and oxygen atoms in total. The van der Waals surface area contributed by atoms with Gasteiger partial charge in [-0.3, -0.25) is 9.74 Å². The number of nitrogens with zero attached hydrogens (tertiary/aromatic N) is 1. The van der Waals surface area contributed by atoms with E-state index in [1.807, 2.05) is 6.92 Å². The van der Waals surface area contributed by atoms with Gasteiger partial charge in [0, 0.05) is 5.69 Å². The van der Waals surface area contributed by atoms with Crippen molar-refractivity contribution in [2.75, 3.05) is 18.1 Å². The number of aliphatic carboxylic acids is 1. The molecule has 0 aliphatic rings. The van der Waals surface area contributed by atoms with E-state index in [9.17, 15) is 14.7 Å². The van der Waals surface area contributed by atoms with Gasteiger partial charge < -0.3 is 10.2 Å². The van der Waals surface area contributed by atoms with E-state index < -0.39 is 18.1 Å². The van der Waals surface area contributed by atoms with Gasteiger partial charge in [0.25, 0.3) is 0 Å². The van der Waals surface area contributed by atoms with Crippen molar-refractivity contribution in [1.29, 1.82) is 0 Å². The number of carboxylic acids is 1. The summed E-state index contributed by atoms with van der Waals surface area (Å²) in [6.45, 7) is 1.99. The SMILES string of the molecule is CCCCONC(=O)N(CC(O)C(=O)O)c1ccccc1. The molecule has 116 valence electrons. The summed E-state index contributed by atoms with van der Waals surface area (Å²) in [5, 5.41) is 18.2. The van der Waals surface area contributed by atoms with Gasteiger partial charge in [0.15, 0.2) is 6.10 Å². The lowest BCUT2D eigenvalue weighted by molar-refractivity contribution is -0.145. The van der Waals surface area contributed by atoms with Crippen LogP contribution in [0.5, 0.6) is 0 Å². The Labute approximate surface area is 123 Å². The first-order valence-electron chi connectivity index (χ1n) is 6.71. The summed E-state index contributed by atoms with van der Waals surface area (Å²) in [6, 6.07) is 7.84. The van der Waals surface area contributed by atoms with Crippen molar-refractivity contribution >= 4 is 17.7 Å². The van der Waals surface area contributed by atoms with Crippen LogP contribution in [0.2, 0.25) is 0 Å². The number of rotatable bonds is 8. The minimum atomic E-state index is -1.67. The number of carboxylic acid groups (broad SMARTS) is 1. The average molecular weight is 296 g/mol. The second-order valence-corrected chi connectivity index (χ2v) is 4.41. The van der Waals surface area contributed by atoms with Gasteiger partial charge in [0.05, 0.1) is 13.2 Å². The number of carbonyl (C=O) groups is 2. The van der Waals surface area contributed by atoms with Gasteiger partial charge in [-0.05, 0) is 18.6 Å². The van der Waals surface area contributed by atoms with Gasteiger partial charge in [-0.25, -0.2) is 15.1 Å². The topological polar surface area (TPSA) is 99.1 Å². The molecule has 2 amide bonds. The Morgan fingerprint density at radius 2 is 2.00 bits per heavy atom. The van der Waals surface area contributed by atoms with Gasteiger partial charge in [0.1, 0.15) is 0 Å². The monoisotopic (exact) mass is 296 g/mol. The molecule has 0 aromatic heterocycles. The molecule has 3 N–H and O–H groups in total. The van der Waals surface area contributed by atoms with Gasteiger partial charge in [0.2, 0.25) is 0 Å². The lowest BCUT2D eigenvalue weighted by Crippen LogP contribution is -2.46. The minimum Gasteiger partial charge on any atom is -0.479 e. The van der Waals surface area contributed by atoms with E-state index in [1.54, 1.807) is 30.3 Å². The van der Waals surface area contributed by atoms with E-state index in [2.05, 4.69) is 5.48 Å². The number of para-hydroxylation sites is 1. The van der Waals surface area contributed by atoms with Crippen molar-refractivity contribution in [3.8, 4) is 0 Å². The Hall–Kier alpha value is -2.12. The van der Waals surface area contributed by atoms with Crippen molar-refractivity contribution in [1.82, 2.24) is 5.48 Å². The van der Waals surface area contributed by atoms with Crippen molar-refractivity contribution in [3.63, 3.8) is 0 Å². The zero-order valence-corrected chi connectivity index (χ0v) is 11.9. The smallest absolute Gasteiger partial charge is 0.345 e. The zero-order chi connectivity index (χ0) is 15.7. The van der Waals surface area contributed by atoms with Crippen LogP contribution in [0.4, 0.5) is 10.5 Å². The Morgan fingerprint density at radius 1 is 1.33 bits per heavy atom. The van der Waals surface area contributed by atoms with E-state index in [0.29, 0.717) is 12.3 Å². The summed E-state index contributed by atoms with van der Waals surface area (Å²) in [5.41, 5.74) is 2.71. The second kappa shape index (κ2) is 8.93. The molecule has 1 atom stereocenters. The molecule has 0 saturated carbocycles. The molecule has 0 aliphatic carbocycles. The van der Waals surface area contributed by atoms with Crippen LogP contribution in [0.3, 0.4) is 0 Å². The number of urea groups is 1. The van der Waals surface area contributed by atoms with Crippen molar-refractivity contribution in [2.45, 2.75) is 25.9 Å². The standard InChI is InChI=1S/C14H20N2O5/c1-2-3-9-21-15-14(20)16(10-12(17)13(18)19)11-7-5-4-6-8-11/h4-8,12,17H,2-3,9-10H2,1H3,(H,15,20)(H,18,19). The summed E-state index contributed by atoms with van der Waals surface area (Å²) in [6.07, 6.45) is 0.0471. The molecule has 0 fully saturated rings. The number of aliphatic hydroxyl groups is 1. The number of hydroxylamine groups is 1.